The molecule has 0 fully saturated rings. The Hall–Kier alpha value is -1.53. The number of halogens is 1. The van der Waals surface area contributed by atoms with E-state index in [2.05, 4.69) is 22.9 Å². The van der Waals surface area contributed by atoms with Gasteiger partial charge in [0.2, 0.25) is 0 Å². The van der Waals surface area contributed by atoms with Gasteiger partial charge in [0, 0.05) is 10.7 Å². The molecule has 0 amide bonds. The summed E-state index contributed by atoms with van der Waals surface area (Å²) in [6.07, 6.45) is 3.15. The van der Waals surface area contributed by atoms with Crippen LogP contribution in [0.25, 0.3) is 0 Å². The summed E-state index contributed by atoms with van der Waals surface area (Å²) in [5, 5.41) is 12.6. The van der Waals surface area contributed by atoms with Gasteiger partial charge in [0.05, 0.1) is 12.1 Å². The zero-order valence-electron chi connectivity index (χ0n) is 8.89. The monoisotopic (exact) mass is 233 g/mol. The van der Waals surface area contributed by atoms with Gasteiger partial charge in [-0.15, -0.1) is 0 Å². The van der Waals surface area contributed by atoms with Crippen LogP contribution < -0.4 is 5.32 Å². The number of rotatable bonds is 3. The number of nitriles is 1. The van der Waals surface area contributed by atoms with Crippen molar-refractivity contribution in [2.45, 2.75) is 19.3 Å². The van der Waals surface area contributed by atoms with Crippen molar-refractivity contribution in [2.24, 2.45) is 0 Å². The van der Waals surface area contributed by atoms with Gasteiger partial charge in [0.1, 0.15) is 11.9 Å². The van der Waals surface area contributed by atoms with Crippen LogP contribution in [-0.2, 0) is 12.8 Å². The lowest BCUT2D eigenvalue weighted by Crippen LogP contribution is -2.06. The van der Waals surface area contributed by atoms with Crippen molar-refractivity contribution in [2.75, 3.05) is 11.9 Å². The number of aromatic nitrogens is 1. The molecular weight excluding hydrogens is 222 g/mol. The molecule has 0 radical (unpaired) electrons. The molecule has 1 N–H and O–H groups in total. The van der Waals surface area contributed by atoms with Gasteiger partial charge in [0.15, 0.2) is 0 Å². The summed E-state index contributed by atoms with van der Waals surface area (Å²) < 4.78 is 0. The summed E-state index contributed by atoms with van der Waals surface area (Å²) in [5.41, 5.74) is 2.88. The van der Waals surface area contributed by atoms with Crippen LogP contribution >= 0.6 is 11.6 Å². The molecule has 82 valence electrons. The molecule has 1 heterocycles. The molecule has 3 nitrogen and oxygen atoms in total. The van der Waals surface area contributed by atoms with E-state index in [1.54, 1.807) is 0 Å². The molecule has 0 spiro atoms. The Kier molecular flexibility index (Phi) is 3.12. The second-order valence-corrected chi connectivity index (χ2v) is 4.36. The van der Waals surface area contributed by atoms with Crippen molar-refractivity contribution in [1.82, 2.24) is 4.98 Å². The summed E-state index contributed by atoms with van der Waals surface area (Å²) in [7, 11) is 0. The van der Waals surface area contributed by atoms with Crippen molar-refractivity contribution in [3.63, 3.8) is 0 Å². The summed E-state index contributed by atoms with van der Waals surface area (Å²) >= 11 is 5.67. The second-order valence-electron chi connectivity index (χ2n) is 3.83. The van der Waals surface area contributed by atoms with Gasteiger partial charge >= 0.3 is 0 Å². The van der Waals surface area contributed by atoms with E-state index in [1.807, 2.05) is 6.07 Å². The average molecular weight is 234 g/mol. The van der Waals surface area contributed by atoms with Crippen LogP contribution in [0, 0.1) is 11.3 Å². The minimum Gasteiger partial charge on any atom is -0.364 e. The average Bonchev–Trinajstić information content (AvgIpc) is 2.71. The summed E-state index contributed by atoms with van der Waals surface area (Å²) in [6.45, 7) is 4.02. The fraction of sp³-hybridized carbons (Fsp3) is 0.333. The number of hydrogen-bond donors (Lipinski definition) is 1. The summed E-state index contributed by atoms with van der Waals surface area (Å²) in [5.74, 6) is 0.616. The lowest BCUT2D eigenvalue weighted by molar-refractivity contribution is 0.899. The Morgan fingerprint density at radius 1 is 1.62 bits per heavy atom. The molecule has 0 atom stereocenters. The number of anilines is 1. The molecule has 16 heavy (non-hydrogen) atoms. The highest BCUT2D eigenvalue weighted by Gasteiger charge is 2.16. The predicted octanol–water partition coefficient (Wildman–Crippen LogP) is 2.61. The second kappa shape index (κ2) is 4.54. The van der Waals surface area contributed by atoms with Crippen molar-refractivity contribution in [3.05, 3.63) is 34.5 Å². The fourth-order valence-electron chi connectivity index (χ4n) is 1.87. The SMILES string of the molecule is C=C(Cl)CNc1nc2c(cc1C#N)CCC2. The Morgan fingerprint density at radius 2 is 2.44 bits per heavy atom. The van der Waals surface area contributed by atoms with Crippen LogP contribution in [0.15, 0.2) is 17.7 Å². The van der Waals surface area contributed by atoms with E-state index in [1.165, 1.54) is 5.56 Å². The Balaban J connectivity index is 2.30. The van der Waals surface area contributed by atoms with Gasteiger partial charge < -0.3 is 5.32 Å². The molecular formula is C12H12ClN3. The van der Waals surface area contributed by atoms with Crippen LogP contribution in [0.1, 0.15) is 23.2 Å². The molecule has 0 saturated heterocycles. The Morgan fingerprint density at radius 3 is 3.12 bits per heavy atom. The van der Waals surface area contributed by atoms with E-state index in [-0.39, 0.29) is 0 Å². The van der Waals surface area contributed by atoms with E-state index in [4.69, 9.17) is 16.9 Å². The third-order valence-electron chi connectivity index (χ3n) is 2.62. The maximum atomic E-state index is 9.03. The third kappa shape index (κ3) is 2.17. The van der Waals surface area contributed by atoms with E-state index in [0.29, 0.717) is 23.0 Å². The van der Waals surface area contributed by atoms with Crippen LogP contribution in [0.5, 0.6) is 0 Å². The van der Waals surface area contributed by atoms with Gasteiger partial charge in [-0.3, -0.25) is 0 Å². The zero-order valence-corrected chi connectivity index (χ0v) is 9.64. The number of nitrogens with one attached hydrogen (secondary N) is 1. The molecule has 4 heteroatoms. The lowest BCUT2D eigenvalue weighted by atomic mass is 10.1. The highest BCUT2D eigenvalue weighted by atomic mass is 35.5. The maximum Gasteiger partial charge on any atom is 0.144 e. The minimum absolute atomic E-state index is 0.433. The summed E-state index contributed by atoms with van der Waals surface area (Å²) in [6, 6.07) is 4.08. The highest BCUT2D eigenvalue weighted by Crippen LogP contribution is 2.24. The lowest BCUT2D eigenvalue weighted by Gasteiger charge is -2.08. The van der Waals surface area contributed by atoms with Gasteiger partial charge in [-0.1, -0.05) is 18.2 Å². The Bertz CT molecular complexity index is 474. The molecule has 0 saturated carbocycles. The van der Waals surface area contributed by atoms with E-state index in [9.17, 15) is 0 Å². The third-order valence-corrected chi connectivity index (χ3v) is 2.75. The molecule has 2 rings (SSSR count). The quantitative estimate of drug-likeness (QED) is 0.873. The first-order chi connectivity index (χ1) is 7.70. The number of nitrogens with zero attached hydrogens (tertiary/aromatic N) is 2. The number of pyridine rings is 1. The summed E-state index contributed by atoms with van der Waals surface area (Å²) in [4.78, 5) is 4.46. The van der Waals surface area contributed by atoms with Crippen molar-refractivity contribution >= 4 is 17.4 Å². The molecule has 0 aromatic carbocycles. The maximum absolute atomic E-state index is 9.03. The molecule has 0 aliphatic heterocycles. The smallest absolute Gasteiger partial charge is 0.144 e. The van der Waals surface area contributed by atoms with Crippen LogP contribution in [0.2, 0.25) is 0 Å². The predicted molar refractivity (Wildman–Crippen MR) is 64.5 cm³/mol. The van der Waals surface area contributed by atoms with Crippen LogP contribution in [-0.4, -0.2) is 11.5 Å². The topological polar surface area (TPSA) is 48.7 Å². The van der Waals surface area contributed by atoms with Gasteiger partial charge in [-0.05, 0) is 30.9 Å². The molecule has 1 aliphatic rings. The van der Waals surface area contributed by atoms with E-state index >= 15 is 0 Å². The Labute approximate surface area is 99.8 Å². The minimum atomic E-state index is 0.433. The standard InChI is InChI=1S/C12H12ClN3/c1-8(13)7-15-12-10(6-14)5-9-3-2-4-11(9)16-12/h5H,1-4,7H2,(H,15,16). The number of aryl methyl sites for hydroxylation is 2. The molecule has 0 unspecified atom stereocenters. The molecule has 1 aliphatic carbocycles. The van der Waals surface area contributed by atoms with E-state index in [0.717, 1.165) is 25.0 Å². The van der Waals surface area contributed by atoms with Gasteiger partial charge in [-0.2, -0.15) is 5.26 Å². The first kappa shape index (κ1) is 11.0. The van der Waals surface area contributed by atoms with Crippen LogP contribution in [0.4, 0.5) is 5.82 Å². The highest BCUT2D eigenvalue weighted by molar-refractivity contribution is 6.29. The van der Waals surface area contributed by atoms with Crippen molar-refractivity contribution in [1.29, 1.82) is 5.26 Å². The van der Waals surface area contributed by atoms with Gasteiger partial charge in [-0.25, -0.2) is 4.98 Å². The van der Waals surface area contributed by atoms with Crippen molar-refractivity contribution in [3.8, 4) is 6.07 Å². The van der Waals surface area contributed by atoms with Crippen molar-refractivity contribution < 1.29 is 0 Å². The normalized spacial score (nSPS) is 13.0. The fourth-order valence-corrected chi connectivity index (χ4v) is 1.94. The number of hydrogen-bond acceptors (Lipinski definition) is 3. The number of fused-ring (bicyclic) bond motifs is 1. The van der Waals surface area contributed by atoms with Gasteiger partial charge in [0.25, 0.3) is 0 Å². The zero-order chi connectivity index (χ0) is 11.5. The van der Waals surface area contributed by atoms with E-state index < -0.39 is 0 Å². The molecule has 0 bridgehead atoms. The largest absolute Gasteiger partial charge is 0.364 e. The first-order valence-electron chi connectivity index (χ1n) is 5.20. The molecule has 1 aromatic rings. The van der Waals surface area contributed by atoms with Crippen LogP contribution in [0.3, 0.4) is 0 Å². The first-order valence-corrected chi connectivity index (χ1v) is 5.58. The molecule has 1 aromatic heterocycles.